The molecular weight excluding hydrogens is 513 g/mol. The predicted molar refractivity (Wildman–Crippen MR) is 155 cm³/mol. The maximum absolute atomic E-state index is 14.0. The van der Waals surface area contributed by atoms with Crippen LogP contribution in [0.15, 0.2) is 95.0 Å². The van der Waals surface area contributed by atoms with Crippen molar-refractivity contribution in [1.82, 2.24) is 9.88 Å². The fourth-order valence-corrected chi connectivity index (χ4v) is 5.05. The number of fused-ring (bicyclic) bond motifs is 1. The number of nitrogens with one attached hydrogen (secondary N) is 1. The van der Waals surface area contributed by atoms with Crippen LogP contribution in [0.1, 0.15) is 49.3 Å². The summed E-state index contributed by atoms with van der Waals surface area (Å²) in [6.07, 6.45) is 6.10. The second kappa shape index (κ2) is 12.5. The van der Waals surface area contributed by atoms with Gasteiger partial charge in [0.1, 0.15) is 11.5 Å². The van der Waals surface area contributed by atoms with Crippen LogP contribution in [0, 0.1) is 5.92 Å². The van der Waals surface area contributed by atoms with Gasteiger partial charge in [-0.25, -0.2) is 4.99 Å². The molecule has 5 rings (SSSR count). The van der Waals surface area contributed by atoms with E-state index in [4.69, 9.17) is 14.3 Å². The van der Waals surface area contributed by atoms with E-state index in [1.54, 1.807) is 35.9 Å². The molecule has 0 saturated carbocycles. The van der Waals surface area contributed by atoms with Crippen LogP contribution in [-0.2, 0) is 15.9 Å². The number of hydrogen-bond acceptors (Lipinski definition) is 7. The number of aliphatic imine (C=N–C) groups is 1. The highest BCUT2D eigenvalue weighted by Crippen LogP contribution is 2.31. The molecule has 2 atom stereocenters. The quantitative estimate of drug-likeness (QED) is 0.322. The number of ether oxygens (including phenoxy) is 1. The van der Waals surface area contributed by atoms with E-state index < -0.39 is 8.60 Å². The zero-order valence-corrected chi connectivity index (χ0v) is 23.6. The summed E-state index contributed by atoms with van der Waals surface area (Å²) in [6, 6.07) is 16.7. The van der Waals surface area contributed by atoms with Gasteiger partial charge in [0.15, 0.2) is 0 Å². The van der Waals surface area contributed by atoms with Gasteiger partial charge < -0.3 is 24.4 Å². The molecule has 2 aliphatic rings. The summed E-state index contributed by atoms with van der Waals surface area (Å²) in [5.41, 5.74) is 4.78. The molecule has 0 aliphatic carbocycles. The number of nitrogens with zero attached hydrogens (tertiary/aromatic N) is 2. The van der Waals surface area contributed by atoms with Crippen molar-refractivity contribution in [2.45, 2.75) is 40.3 Å². The van der Waals surface area contributed by atoms with Crippen LogP contribution >= 0.6 is 8.60 Å². The number of methoxy groups -OCH3 is 1. The van der Waals surface area contributed by atoms with Crippen molar-refractivity contribution in [3.63, 3.8) is 0 Å². The maximum atomic E-state index is 14.0. The molecule has 3 aromatic rings. The van der Waals surface area contributed by atoms with Crippen LogP contribution in [0.4, 0.5) is 0 Å². The van der Waals surface area contributed by atoms with Crippen LogP contribution < -0.4 is 5.32 Å². The van der Waals surface area contributed by atoms with Crippen molar-refractivity contribution in [3.05, 3.63) is 107 Å². The van der Waals surface area contributed by atoms with Gasteiger partial charge in [-0.15, -0.1) is 0 Å². The van der Waals surface area contributed by atoms with Crippen molar-refractivity contribution in [1.29, 1.82) is 0 Å². The van der Waals surface area contributed by atoms with Gasteiger partial charge in [-0.3, -0.25) is 9.36 Å². The number of rotatable bonds is 7. The Morgan fingerprint density at radius 2 is 1.87 bits per heavy atom. The van der Waals surface area contributed by atoms with Crippen molar-refractivity contribution >= 4 is 31.1 Å². The lowest BCUT2D eigenvalue weighted by Crippen LogP contribution is -2.24. The van der Waals surface area contributed by atoms with Crippen molar-refractivity contribution in [3.8, 4) is 0 Å². The average Bonchev–Trinajstić information content (AvgIpc) is 3.62. The minimum atomic E-state index is -2.54. The average molecular weight is 548 g/mol. The largest absolute Gasteiger partial charge is 0.494 e. The highest BCUT2D eigenvalue weighted by atomic mass is 31.2. The van der Waals surface area contributed by atoms with Gasteiger partial charge in [0, 0.05) is 22.7 Å². The van der Waals surface area contributed by atoms with E-state index in [1.165, 1.54) is 0 Å². The maximum Gasteiger partial charge on any atom is 0.327 e. The first-order valence-electron chi connectivity index (χ1n) is 12.9. The summed E-state index contributed by atoms with van der Waals surface area (Å²) < 4.78 is 12.3. The molecule has 39 heavy (non-hydrogen) atoms. The Kier molecular flexibility index (Phi) is 9.15. The minimum absolute atomic E-state index is 0.0968. The number of para-hydroxylation sites is 1. The molecule has 0 radical (unpaired) electrons. The van der Waals surface area contributed by atoms with E-state index in [1.807, 2.05) is 57.2 Å². The number of carbonyl (C=O) groups excluding carboxylic acids is 1. The zero-order chi connectivity index (χ0) is 28.1. The summed E-state index contributed by atoms with van der Waals surface area (Å²) in [6.45, 7) is 8.09. The molecule has 2 unspecified atom stereocenters. The van der Waals surface area contributed by atoms with Crippen LogP contribution in [0.2, 0.25) is 0 Å². The highest BCUT2D eigenvalue weighted by Gasteiger charge is 2.27. The van der Waals surface area contributed by atoms with Gasteiger partial charge in [0.05, 0.1) is 36.7 Å². The van der Waals surface area contributed by atoms with E-state index in [-0.39, 0.29) is 18.6 Å². The fourth-order valence-electron chi connectivity index (χ4n) is 4.80. The smallest absolute Gasteiger partial charge is 0.327 e. The molecule has 0 bridgehead atoms. The molecule has 3 heterocycles. The van der Waals surface area contributed by atoms with Crippen LogP contribution in [0.5, 0.6) is 0 Å². The Hall–Kier alpha value is -3.55. The molecule has 0 saturated heterocycles. The lowest BCUT2D eigenvalue weighted by Gasteiger charge is -2.14. The number of allylic oxidation sites excluding steroid dienone is 2. The van der Waals surface area contributed by atoms with Gasteiger partial charge in [0.2, 0.25) is 0 Å². The molecular formula is C30H34N3O5P. The Labute approximate surface area is 230 Å². The highest BCUT2D eigenvalue weighted by molar-refractivity contribution is 7.39. The van der Waals surface area contributed by atoms with Gasteiger partial charge >= 0.3 is 8.60 Å². The summed E-state index contributed by atoms with van der Waals surface area (Å²) in [4.78, 5) is 37.3. The third-order valence-electron chi connectivity index (χ3n) is 6.55. The third kappa shape index (κ3) is 6.05. The molecule has 1 aromatic heterocycles. The lowest BCUT2D eigenvalue weighted by molar-refractivity contribution is 0.0961. The first-order chi connectivity index (χ1) is 18.9. The Morgan fingerprint density at radius 3 is 2.56 bits per heavy atom. The summed E-state index contributed by atoms with van der Waals surface area (Å²) in [7, 11) is -0.929. The molecule has 2 aromatic carbocycles. The van der Waals surface area contributed by atoms with E-state index in [0.29, 0.717) is 39.9 Å². The standard InChI is InChI=1S/C28H28N3O5P.C2H6/c1-17-12-18(2)29-22(17)14-24-27(35-3)15-23(30-24)26-13-19-8-5-7-11-25(19)31(26)28(32)21-10-6-4-9-20(21)16-36-37(33)34;1-2/h4-15,17,22,29,33-34H,16H2,1-3H3;1-2H3/b24-14+;. The summed E-state index contributed by atoms with van der Waals surface area (Å²) in [5, 5.41) is 4.35. The van der Waals surface area contributed by atoms with Crippen LogP contribution in [0.3, 0.4) is 0 Å². The number of benzene rings is 2. The second-order valence-corrected chi connectivity index (χ2v) is 9.82. The molecule has 0 amide bonds. The first-order valence-corrected chi connectivity index (χ1v) is 14.1. The minimum Gasteiger partial charge on any atom is -0.494 e. The molecule has 9 heteroatoms. The van der Waals surface area contributed by atoms with Gasteiger partial charge in [-0.1, -0.05) is 63.2 Å². The van der Waals surface area contributed by atoms with E-state index in [9.17, 15) is 14.6 Å². The summed E-state index contributed by atoms with van der Waals surface area (Å²) >= 11 is 0. The molecule has 0 spiro atoms. The van der Waals surface area contributed by atoms with E-state index in [0.717, 1.165) is 16.6 Å². The van der Waals surface area contributed by atoms with Crippen LogP contribution in [-0.4, -0.2) is 39.1 Å². The number of aromatic nitrogens is 1. The topological polar surface area (TPSA) is 105 Å². The van der Waals surface area contributed by atoms with Crippen LogP contribution in [0.25, 0.3) is 10.9 Å². The SMILES string of the molecule is CC.COC1=CC(c2cc3ccccc3n2C(=O)c2ccccc2COP(O)O)=N/C1=C/C1NC(C)=CC1C. The van der Waals surface area contributed by atoms with Crippen molar-refractivity contribution < 1.29 is 23.8 Å². The van der Waals surface area contributed by atoms with Crippen molar-refractivity contribution in [2.75, 3.05) is 7.11 Å². The number of hydrogen-bond donors (Lipinski definition) is 3. The normalized spacial score (nSPS) is 19.4. The fraction of sp³-hybridized carbons (Fsp3) is 0.267. The van der Waals surface area contributed by atoms with Gasteiger partial charge in [-0.05, 0) is 42.7 Å². The van der Waals surface area contributed by atoms with E-state index >= 15 is 0 Å². The zero-order valence-electron chi connectivity index (χ0n) is 22.8. The van der Waals surface area contributed by atoms with E-state index in [2.05, 4.69) is 24.4 Å². The number of carbonyl (C=O) groups is 1. The van der Waals surface area contributed by atoms with Crippen molar-refractivity contribution in [2.24, 2.45) is 10.9 Å². The second-order valence-electron chi connectivity index (χ2n) is 9.05. The van der Waals surface area contributed by atoms with Gasteiger partial charge in [-0.2, -0.15) is 0 Å². The first kappa shape index (κ1) is 28.5. The third-order valence-corrected chi connectivity index (χ3v) is 6.91. The van der Waals surface area contributed by atoms with Gasteiger partial charge in [0.25, 0.3) is 5.91 Å². The molecule has 204 valence electrons. The Bertz CT molecular complexity index is 1480. The summed E-state index contributed by atoms with van der Waals surface area (Å²) in [5.74, 6) is 0.676. The molecule has 2 aliphatic heterocycles. The molecule has 3 N–H and O–H groups in total. The Morgan fingerprint density at radius 1 is 1.15 bits per heavy atom. The molecule has 0 fully saturated rings. The predicted octanol–water partition coefficient (Wildman–Crippen LogP) is 5.81. The molecule has 8 nitrogen and oxygen atoms in total. The monoisotopic (exact) mass is 547 g/mol. The lowest BCUT2D eigenvalue weighted by atomic mass is 10.0. The Balaban J connectivity index is 0.00000172.